The maximum Gasteiger partial charge on any atom is 0.259 e. The Morgan fingerprint density at radius 2 is 2.04 bits per heavy atom. The summed E-state index contributed by atoms with van der Waals surface area (Å²) in [5, 5.41) is 4.76. The second-order valence-corrected chi connectivity index (χ2v) is 6.64. The van der Waals surface area contributed by atoms with E-state index in [9.17, 15) is 0 Å². The molecule has 2 aliphatic heterocycles. The van der Waals surface area contributed by atoms with Crippen molar-refractivity contribution < 1.29 is 9.26 Å². The van der Waals surface area contributed by atoms with Gasteiger partial charge in [-0.05, 0) is 43.9 Å². The molecule has 0 spiro atoms. The Morgan fingerprint density at radius 1 is 1.17 bits per heavy atom. The van der Waals surface area contributed by atoms with E-state index in [0.717, 1.165) is 37.5 Å². The SMILES string of the molecule is Clc1ccc(N2CCCCC2)cc1-c1nc(C2CCOC2)no1. The number of benzene rings is 1. The second kappa shape index (κ2) is 6.49. The predicted molar refractivity (Wildman–Crippen MR) is 89.0 cm³/mol. The van der Waals surface area contributed by atoms with Crippen molar-refractivity contribution in [1.29, 1.82) is 0 Å². The number of anilines is 1. The van der Waals surface area contributed by atoms with Crippen molar-refractivity contribution in [2.24, 2.45) is 0 Å². The molecule has 0 saturated carbocycles. The summed E-state index contributed by atoms with van der Waals surface area (Å²) in [6.07, 6.45) is 4.74. The predicted octanol–water partition coefficient (Wildman–Crippen LogP) is 3.88. The molecule has 4 rings (SSSR count). The molecule has 2 aliphatic rings. The summed E-state index contributed by atoms with van der Waals surface area (Å²) in [5.41, 5.74) is 1.99. The molecule has 2 aromatic rings. The first-order valence-electron chi connectivity index (χ1n) is 8.27. The first kappa shape index (κ1) is 15.0. The Kier molecular flexibility index (Phi) is 4.23. The fraction of sp³-hybridized carbons (Fsp3) is 0.529. The van der Waals surface area contributed by atoms with E-state index >= 15 is 0 Å². The summed E-state index contributed by atoms with van der Waals surface area (Å²) in [5.74, 6) is 1.45. The van der Waals surface area contributed by atoms with Crippen molar-refractivity contribution >= 4 is 17.3 Å². The van der Waals surface area contributed by atoms with E-state index in [4.69, 9.17) is 20.9 Å². The summed E-state index contributed by atoms with van der Waals surface area (Å²) in [6.45, 7) is 3.62. The summed E-state index contributed by atoms with van der Waals surface area (Å²) >= 11 is 6.37. The van der Waals surface area contributed by atoms with E-state index in [2.05, 4.69) is 27.2 Å². The first-order valence-corrected chi connectivity index (χ1v) is 8.65. The number of hydrogen-bond acceptors (Lipinski definition) is 5. The average Bonchev–Trinajstić information content (AvgIpc) is 3.27. The number of ether oxygens (including phenoxy) is 1. The highest BCUT2D eigenvalue weighted by molar-refractivity contribution is 6.33. The third kappa shape index (κ3) is 3.08. The third-order valence-electron chi connectivity index (χ3n) is 4.64. The van der Waals surface area contributed by atoms with E-state index in [-0.39, 0.29) is 5.92 Å². The Hall–Kier alpha value is -1.59. The van der Waals surface area contributed by atoms with E-state index in [1.165, 1.54) is 24.9 Å². The lowest BCUT2D eigenvalue weighted by molar-refractivity contribution is 0.192. The molecule has 0 bridgehead atoms. The van der Waals surface area contributed by atoms with Crippen molar-refractivity contribution in [1.82, 2.24) is 10.1 Å². The van der Waals surface area contributed by atoms with Crippen LogP contribution in [0, 0.1) is 0 Å². The maximum absolute atomic E-state index is 6.37. The molecule has 0 radical (unpaired) electrons. The molecule has 0 amide bonds. The first-order chi connectivity index (χ1) is 11.3. The molecule has 2 saturated heterocycles. The molecular formula is C17H20ClN3O2. The molecule has 1 atom stereocenters. The zero-order chi connectivity index (χ0) is 15.6. The van der Waals surface area contributed by atoms with Gasteiger partial charge in [-0.25, -0.2) is 0 Å². The van der Waals surface area contributed by atoms with Crippen LogP contribution in [0.3, 0.4) is 0 Å². The van der Waals surface area contributed by atoms with Crippen LogP contribution in [0.1, 0.15) is 37.4 Å². The van der Waals surface area contributed by atoms with Crippen molar-refractivity contribution in [3.8, 4) is 11.5 Å². The molecule has 1 aromatic carbocycles. The van der Waals surface area contributed by atoms with Gasteiger partial charge in [0, 0.05) is 31.3 Å². The Balaban J connectivity index is 1.62. The molecule has 1 aromatic heterocycles. The van der Waals surface area contributed by atoms with Crippen LogP contribution in [-0.4, -0.2) is 36.4 Å². The lowest BCUT2D eigenvalue weighted by atomic mass is 10.1. The topological polar surface area (TPSA) is 51.4 Å². The maximum atomic E-state index is 6.37. The van der Waals surface area contributed by atoms with Crippen LogP contribution in [0.25, 0.3) is 11.5 Å². The van der Waals surface area contributed by atoms with Crippen LogP contribution in [0.2, 0.25) is 5.02 Å². The van der Waals surface area contributed by atoms with E-state index in [0.29, 0.717) is 17.5 Å². The van der Waals surface area contributed by atoms with Gasteiger partial charge in [-0.3, -0.25) is 0 Å². The van der Waals surface area contributed by atoms with Crippen LogP contribution >= 0.6 is 11.6 Å². The fourth-order valence-electron chi connectivity index (χ4n) is 3.27. The van der Waals surface area contributed by atoms with Gasteiger partial charge in [-0.2, -0.15) is 4.98 Å². The number of piperidine rings is 1. The normalized spacial score (nSPS) is 21.8. The Bertz CT molecular complexity index is 676. The minimum atomic E-state index is 0.233. The molecule has 1 unspecified atom stereocenters. The van der Waals surface area contributed by atoms with E-state index in [1.54, 1.807) is 0 Å². The standard InChI is InChI=1S/C17H20ClN3O2/c18-15-5-4-13(21-7-2-1-3-8-21)10-14(15)17-19-16(20-23-17)12-6-9-22-11-12/h4-5,10,12H,1-3,6-9,11H2. The molecule has 3 heterocycles. The molecule has 122 valence electrons. The minimum Gasteiger partial charge on any atom is -0.381 e. The van der Waals surface area contributed by atoms with Gasteiger partial charge in [0.15, 0.2) is 5.82 Å². The van der Waals surface area contributed by atoms with Crippen LogP contribution in [0.5, 0.6) is 0 Å². The smallest absolute Gasteiger partial charge is 0.259 e. The van der Waals surface area contributed by atoms with Gasteiger partial charge >= 0.3 is 0 Å². The Labute approximate surface area is 140 Å². The summed E-state index contributed by atoms with van der Waals surface area (Å²) < 4.78 is 10.9. The average molecular weight is 334 g/mol. The molecule has 2 fully saturated rings. The van der Waals surface area contributed by atoms with Gasteiger partial charge in [0.25, 0.3) is 5.89 Å². The van der Waals surface area contributed by atoms with Gasteiger partial charge in [0.1, 0.15) is 0 Å². The summed E-state index contributed by atoms with van der Waals surface area (Å²) in [7, 11) is 0. The minimum absolute atomic E-state index is 0.233. The Morgan fingerprint density at radius 3 is 2.83 bits per heavy atom. The van der Waals surface area contributed by atoms with Crippen LogP contribution < -0.4 is 4.90 Å². The lowest BCUT2D eigenvalue weighted by Gasteiger charge is -2.29. The second-order valence-electron chi connectivity index (χ2n) is 6.23. The molecule has 0 N–H and O–H groups in total. The van der Waals surface area contributed by atoms with Crippen LogP contribution in [0.15, 0.2) is 22.7 Å². The van der Waals surface area contributed by atoms with Crippen molar-refractivity contribution in [3.63, 3.8) is 0 Å². The zero-order valence-electron chi connectivity index (χ0n) is 13.0. The van der Waals surface area contributed by atoms with Gasteiger partial charge in [-0.1, -0.05) is 16.8 Å². The largest absolute Gasteiger partial charge is 0.381 e. The number of nitrogens with zero attached hydrogens (tertiary/aromatic N) is 3. The van der Waals surface area contributed by atoms with Crippen LogP contribution in [-0.2, 0) is 4.74 Å². The number of rotatable bonds is 3. The van der Waals surface area contributed by atoms with E-state index < -0.39 is 0 Å². The summed E-state index contributed by atoms with van der Waals surface area (Å²) in [4.78, 5) is 6.94. The van der Waals surface area contributed by atoms with Gasteiger partial charge in [0.2, 0.25) is 0 Å². The van der Waals surface area contributed by atoms with Gasteiger partial charge < -0.3 is 14.2 Å². The van der Waals surface area contributed by atoms with Crippen molar-refractivity contribution in [2.75, 3.05) is 31.2 Å². The van der Waals surface area contributed by atoms with Gasteiger partial charge in [0.05, 0.1) is 17.2 Å². The highest BCUT2D eigenvalue weighted by atomic mass is 35.5. The zero-order valence-corrected chi connectivity index (χ0v) is 13.8. The fourth-order valence-corrected chi connectivity index (χ4v) is 3.47. The molecular weight excluding hydrogens is 314 g/mol. The third-order valence-corrected chi connectivity index (χ3v) is 4.97. The monoisotopic (exact) mass is 333 g/mol. The molecule has 0 aliphatic carbocycles. The quantitative estimate of drug-likeness (QED) is 0.853. The van der Waals surface area contributed by atoms with E-state index in [1.807, 2.05) is 6.07 Å². The molecule has 6 heteroatoms. The number of aromatic nitrogens is 2. The highest BCUT2D eigenvalue weighted by Gasteiger charge is 2.24. The molecule has 5 nitrogen and oxygen atoms in total. The highest BCUT2D eigenvalue weighted by Crippen LogP contribution is 2.33. The van der Waals surface area contributed by atoms with Crippen LogP contribution in [0.4, 0.5) is 5.69 Å². The molecule has 23 heavy (non-hydrogen) atoms. The lowest BCUT2D eigenvalue weighted by Crippen LogP contribution is -2.29. The van der Waals surface area contributed by atoms with Gasteiger partial charge in [-0.15, -0.1) is 0 Å². The van der Waals surface area contributed by atoms with Crippen molar-refractivity contribution in [3.05, 3.63) is 29.0 Å². The van der Waals surface area contributed by atoms with Crippen molar-refractivity contribution in [2.45, 2.75) is 31.6 Å². The summed E-state index contributed by atoms with van der Waals surface area (Å²) in [6, 6.07) is 6.05. The number of halogens is 1. The number of hydrogen-bond donors (Lipinski definition) is 0.